The van der Waals surface area contributed by atoms with Gasteiger partial charge in [-0.25, -0.2) is 8.78 Å². The number of halogens is 2. The monoisotopic (exact) mass is 334 g/mol. The van der Waals surface area contributed by atoms with Crippen molar-refractivity contribution >= 4 is 5.78 Å². The van der Waals surface area contributed by atoms with Crippen LogP contribution in [0.2, 0.25) is 0 Å². The standard InChI is InChI=1S/C20H24F2O2/c1-10-5-12-13-7-16(21)14-6-11(23)3-4-18(14,2)20(13,22)17(24)9-19(12)8-15(10)19/h3-4,6,10,12-13,15-17,24H,5,7-9H2,1-2H3/t10?,12?,13?,15?,16-,17?,18?,19?,20-/m0/s1. The molecule has 0 aromatic carbocycles. The van der Waals surface area contributed by atoms with Crippen LogP contribution in [0, 0.1) is 34.5 Å². The molecule has 1 N–H and O–H groups in total. The summed E-state index contributed by atoms with van der Waals surface area (Å²) in [6.45, 7) is 3.89. The van der Waals surface area contributed by atoms with Gasteiger partial charge in [-0.3, -0.25) is 4.79 Å². The number of hydrogen-bond acceptors (Lipinski definition) is 2. The van der Waals surface area contributed by atoms with Crippen LogP contribution in [0.25, 0.3) is 0 Å². The molecule has 4 heteroatoms. The number of carbonyl (C=O) groups excluding carboxylic acids is 1. The van der Waals surface area contributed by atoms with E-state index in [1.807, 2.05) is 0 Å². The molecule has 0 radical (unpaired) electrons. The van der Waals surface area contributed by atoms with Crippen molar-refractivity contribution in [2.75, 3.05) is 0 Å². The quantitative estimate of drug-likeness (QED) is 0.735. The zero-order valence-corrected chi connectivity index (χ0v) is 14.1. The molecule has 0 amide bonds. The van der Waals surface area contributed by atoms with Gasteiger partial charge in [-0.05, 0) is 73.5 Å². The summed E-state index contributed by atoms with van der Waals surface area (Å²) in [6, 6.07) is 0. The molecule has 0 aromatic rings. The zero-order valence-electron chi connectivity index (χ0n) is 14.1. The number of aliphatic hydroxyl groups is 1. The van der Waals surface area contributed by atoms with Crippen LogP contribution in [0.3, 0.4) is 0 Å². The average molecular weight is 334 g/mol. The van der Waals surface area contributed by atoms with Gasteiger partial charge < -0.3 is 5.11 Å². The normalized spacial score (nSPS) is 60.7. The highest BCUT2D eigenvalue weighted by Gasteiger charge is 2.77. The van der Waals surface area contributed by atoms with E-state index in [0.717, 1.165) is 12.8 Å². The molecule has 24 heavy (non-hydrogen) atoms. The van der Waals surface area contributed by atoms with Crippen LogP contribution < -0.4 is 0 Å². The van der Waals surface area contributed by atoms with Crippen molar-refractivity contribution in [3.63, 3.8) is 0 Å². The van der Waals surface area contributed by atoms with Crippen LogP contribution in [0.15, 0.2) is 23.8 Å². The minimum atomic E-state index is -1.88. The van der Waals surface area contributed by atoms with Gasteiger partial charge in [-0.2, -0.15) is 0 Å². The van der Waals surface area contributed by atoms with Gasteiger partial charge >= 0.3 is 0 Å². The highest BCUT2D eigenvalue weighted by atomic mass is 19.1. The molecule has 0 bridgehead atoms. The zero-order chi connectivity index (χ0) is 17.1. The van der Waals surface area contributed by atoms with Crippen LogP contribution in [0.1, 0.15) is 39.5 Å². The number of alkyl halides is 2. The molecule has 5 rings (SSSR count). The second kappa shape index (κ2) is 4.20. The van der Waals surface area contributed by atoms with Crippen LogP contribution in [0.5, 0.6) is 0 Å². The lowest BCUT2D eigenvalue weighted by molar-refractivity contribution is -0.186. The lowest BCUT2D eigenvalue weighted by Gasteiger charge is -2.60. The molecule has 4 saturated carbocycles. The molecular formula is C20H24F2O2. The molecular weight excluding hydrogens is 310 g/mol. The molecule has 7 unspecified atom stereocenters. The number of fused-ring (bicyclic) bond motifs is 4. The Bertz CT molecular complexity index is 700. The summed E-state index contributed by atoms with van der Waals surface area (Å²) in [7, 11) is 0. The smallest absolute Gasteiger partial charge is 0.178 e. The highest BCUT2D eigenvalue weighted by molar-refractivity contribution is 6.01. The largest absolute Gasteiger partial charge is 0.390 e. The third-order valence-electron chi connectivity index (χ3n) is 8.39. The summed E-state index contributed by atoms with van der Waals surface area (Å²) in [4.78, 5) is 11.7. The van der Waals surface area contributed by atoms with Crippen LogP contribution >= 0.6 is 0 Å². The lowest BCUT2D eigenvalue weighted by Crippen LogP contribution is -2.66. The number of carbonyl (C=O) groups is 1. The number of hydrogen-bond donors (Lipinski definition) is 1. The molecule has 0 heterocycles. The molecule has 130 valence electrons. The first-order chi connectivity index (χ1) is 11.2. The average Bonchev–Trinajstić information content (AvgIpc) is 3.17. The predicted octanol–water partition coefficient (Wildman–Crippen LogP) is 3.55. The van der Waals surface area contributed by atoms with E-state index in [9.17, 15) is 14.3 Å². The minimum Gasteiger partial charge on any atom is -0.390 e. The van der Waals surface area contributed by atoms with E-state index in [4.69, 9.17) is 0 Å². The Hall–Kier alpha value is -1.03. The Kier molecular flexibility index (Phi) is 2.67. The molecule has 1 spiro atoms. The predicted molar refractivity (Wildman–Crippen MR) is 85.6 cm³/mol. The molecule has 2 nitrogen and oxygen atoms in total. The Morgan fingerprint density at radius 1 is 1.21 bits per heavy atom. The van der Waals surface area contributed by atoms with E-state index in [-0.39, 0.29) is 29.1 Å². The van der Waals surface area contributed by atoms with Crippen molar-refractivity contribution in [1.82, 2.24) is 0 Å². The van der Waals surface area contributed by atoms with Gasteiger partial charge in [0.25, 0.3) is 0 Å². The Morgan fingerprint density at radius 2 is 1.96 bits per heavy atom. The fraction of sp³-hybridized carbons (Fsp3) is 0.750. The summed E-state index contributed by atoms with van der Waals surface area (Å²) in [5.74, 6) is 0.522. The first kappa shape index (κ1) is 15.2. The van der Waals surface area contributed by atoms with Gasteiger partial charge in [-0.1, -0.05) is 13.0 Å². The second-order valence-corrected chi connectivity index (χ2v) is 9.20. The highest BCUT2D eigenvalue weighted by Crippen LogP contribution is 2.78. The molecule has 0 saturated heterocycles. The van der Waals surface area contributed by atoms with E-state index in [0.29, 0.717) is 18.3 Å². The van der Waals surface area contributed by atoms with Crippen LogP contribution in [-0.4, -0.2) is 28.8 Å². The van der Waals surface area contributed by atoms with E-state index in [1.165, 1.54) is 18.2 Å². The van der Waals surface area contributed by atoms with Crippen molar-refractivity contribution in [1.29, 1.82) is 0 Å². The van der Waals surface area contributed by atoms with Gasteiger partial charge in [-0.15, -0.1) is 0 Å². The van der Waals surface area contributed by atoms with Crippen molar-refractivity contribution in [3.8, 4) is 0 Å². The molecule has 5 aliphatic carbocycles. The maximum Gasteiger partial charge on any atom is 0.178 e. The number of ketones is 1. The number of aliphatic hydroxyl groups excluding tert-OH is 1. The Labute approximate surface area is 141 Å². The molecule has 4 fully saturated rings. The van der Waals surface area contributed by atoms with Gasteiger partial charge in [0.15, 0.2) is 11.5 Å². The van der Waals surface area contributed by atoms with Crippen molar-refractivity contribution in [2.24, 2.45) is 34.5 Å². The van der Waals surface area contributed by atoms with Crippen molar-refractivity contribution in [2.45, 2.75) is 57.5 Å². The minimum absolute atomic E-state index is 0.0462. The molecule has 0 aliphatic heterocycles. The second-order valence-electron chi connectivity index (χ2n) is 9.20. The Balaban J connectivity index is 1.66. The van der Waals surface area contributed by atoms with Gasteiger partial charge in [0.2, 0.25) is 0 Å². The number of allylic oxidation sites excluding steroid dienone is 4. The fourth-order valence-corrected chi connectivity index (χ4v) is 7.22. The van der Waals surface area contributed by atoms with Crippen LogP contribution in [0.4, 0.5) is 8.78 Å². The van der Waals surface area contributed by atoms with Crippen molar-refractivity contribution in [3.05, 3.63) is 23.8 Å². The molecule has 5 aliphatic rings. The summed E-state index contributed by atoms with van der Waals surface area (Å²) >= 11 is 0. The van der Waals surface area contributed by atoms with E-state index in [2.05, 4.69) is 6.92 Å². The summed E-state index contributed by atoms with van der Waals surface area (Å²) < 4.78 is 31.6. The summed E-state index contributed by atoms with van der Waals surface area (Å²) in [5, 5.41) is 10.9. The first-order valence-electron chi connectivity index (χ1n) is 9.20. The van der Waals surface area contributed by atoms with E-state index < -0.39 is 29.3 Å². The SMILES string of the molecule is CC1CC2C3C[C@H](F)C4=CC(=O)C=CC4(C)[C@@]3(F)C(O)CC23CC13. The third-order valence-corrected chi connectivity index (χ3v) is 8.39. The molecule has 9 atom stereocenters. The Morgan fingerprint density at radius 3 is 2.67 bits per heavy atom. The maximum absolute atomic E-state index is 16.6. The molecule has 0 aromatic heterocycles. The van der Waals surface area contributed by atoms with Gasteiger partial charge in [0.1, 0.15) is 6.17 Å². The fourth-order valence-electron chi connectivity index (χ4n) is 7.22. The van der Waals surface area contributed by atoms with Crippen LogP contribution in [-0.2, 0) is 4.79 Å². The number of rotatable bonds is 0. The van der Waals surface area contributed by atoms with Gasteiger partial charge in [0, 0.05) is 11.3 Å². The maximum atomic E-state index is 16.6. The summed E-state index contributed by atoms with van der Waals surface area (Å²) in [5.41, 5.74) is -2.83. The summed E-state index contributed by atoms with van der Waals surface area (Å²) in [6.07, 6.45) is 4.33. The third kappa shape index (κ3) is 1.45. The lowest BCUT2D eigenvalue weighted by atomic mass is 9.47. The van der Waals surface area contributed by atoms with E-state index >= 15 is 4.39 Å². The topological polar surface area (TPSA) is 37.3 Å². The first-order valence-corrected chi connectivity index (χ1v) is 9.20. The van der Waals surface area contributed by atoms with Crippen molar-refractivity contribution < 1.29 is 18.7 Å². The van der Waals surface area contributed by atoms with Gasteiger partial charge in [0.05, 0.1) is 6.10 Å². The van der Waals surface area contributed by atoms with E-state index in [1.54, 1.807) is 6.92 Å².